The first-order valence-electron chi connectivity index (χ1n) is 4.22. The SMILES string of the molecule is FC(F)(F)c1nc(C2CC2)ccc1Br. The number of alkyl halides is 3. The molecule has 0 atom stereocenters. The van der Waals surface area contributed by atoms with Crippen LogP contribution in [0.15, 0.2) is 16.6 Å². The molecule has 0 aliphatic heterocycles. The van der Waals surface area contributed by atoms with Gasteiger partial charge in [-0.1, -0.05) is 0 Å². The van der Waals surface area contributed by atoms with E-state index in [2.05, 4.69) is 20.9 Å². The topological polar surface area (TPSA) is 12.9 Å². The third-order valence-electron chi connectivity index (χ3n) is 2.13. The van der Waals surface area contributed by atoms with Gasteiger partial charge in [0.05, 0.1) is 0 Å². The van der Waals surface area contributed by atoms with Gasteiger partial charge in [-0.15, -0.1) is 0 Å². The van der Waals surface area contributed by atoms with Crippen molar-refractivity contribution in [3.8, 4) is 0 Å². The largest absolute Gasteiger partial charge is 0.434 e. The van der Waals surface area contributed by atoms with E-state index in [1.807, 2.05) is 0 Å². The van der Waals surface area contributed by atoms with E-state index in [1.54, 1.807) is 6.07 Å². The van der Waals surface area contributed by atoms with Crippen LogP contribution >= 0.6 is 15.9 Å². The summed E-state index contributed by atoms with van der Waals surface area (Å²) in [5, 5.41) is 0. The molecule has 76 valence electrons. The molecule has 0 N–H and O–H groups in total. The summed E-state index contributed by atoms with van der Waals surface area (Å²) in [5.41, 5.74) is -0.262. The average Bonchev–Trinajstić information content (AvgIpc) is 2.85. The molecule has 1 aromatic heterocycles. The summed E-state index contributed by atoms with van der Waals surface area (Å²) < 4.78 is 37.3. The number of halogens is 4. The molecule has 5 heteroatoms. The van der Waals surface area contributed by atoms with Crippen LogP contribution in [-0.2, 0) is 6.18 Å². The van der Waals surface area contributed by atoms with Crippen LogP contribution in [-0.4, -0.2) is 4.98 Å². The molecule has 0 bridgehead atoms. The van der Waals surface area contributed by atoms with E-state index in [9.17, 15) is 13.2 Å². The second kappa shape index (κ2) is 3.22. The molecule has 1 aliphatic rings. The maximum absolute atomic E-state index is 12.4. The zero-order valence-corrected chi connectivity index (χ0v) is 8.69. The molecular weight excluding hydrogens is 259 g/mol. The molecule has 0 radical (unpaired) electrons. The Labute approximate surface area is 87.5 Å². The van der Waals surface area contributed by atoms with Crippen LogP contribution in [0.3, 0.4) is 0 Å². The van der Waals surface area contributed by atoms with Gasteiger partial charge in [-0.25, -0.2) is 4.98 Å². The smallest absolute Gasteiger partial charge is 0.247 e. The van der Waals surface area contributed by atoms with Crippen molar-refractivity contribution in [2.45, 2.75) is 24.9 Å². The molecular formula is C9H7BrF3N. The third-order valence-corrected chi connectivity index (χ3v) is 2.77. The van der Waals surface area contributed by atoms with Crippen LogP contribution in [0.5, 0.6) is 0 Å². The van der Waals surface area contributed by atoms with Crippen molar-refractivity contribution in [3.05, 3.63) is 28.0 Å². The van der Waals surface area contributed by atoms with Crippen LogP contribution in [0.4, 0.5) is 13.2 Å². The Balaban J connectivity index is 2.41. The number of hydrogen-bond acceptors (Lipinski definition) is 1. The van der Waals surface area contributed by atoms with E-state index in [-0.39, 0.29) is 10.4 Å². The van der Waals surface area contributed by atoms with Crippen molar-refractivity contribution in [1.29, 1.82) is 0 Å². The van der Waals surface area contributed by atoms with E-state index >= 15 is 0 Å². The maximum atomic E-state index is 12.4. The van der Waals surface area contributed by atoms with Crippen LogP contribution < -0.4 is 0 Å². The van der Waals surface area contributed by atoms with Crippen molar-refractivity contribution < 1.29 is 13.2 Å². The Kier molecular flexibility index (Phi) is 2.29. The fourth-order valence-electron chi connectivity index (χ4n) is 1.26. The van der Waals surface area contributed by atoms with Gasteiger partial charge in [0.15, 0.2) is 5.69 Å². The molecule has 0 aromatic carbocycles. The molecule has 0 unspecified atom stereocenters. The maximum Gasteiger partial charge on any atom is 0.434 e. The molecule has 0 amide bonds. The molecule has 0 spiro atoms. The van der Waals surface area contributed by atoms with E-state index in [1.165, 1.54) is 6.07 Å². The average molecular weight is 266 g/mol. The second-order valence-corrected chi connectivity index (χ2v) is 4.19. The molecule has 1 aliphatic carbocycles. The quantitative estimate of drug-likeness (QED) is 0.754. The molecule has 0 saturated heterocycles. The Hall–Kier alpha value is -0.580. The van der Waals surface area contributed by atoms with Gasteiger partial charge in [0.2, 0.25) is 0 Å². The Morgan fingerprint density at radius 2 is 1.93 bits per heavy atom. The van der Waals surface area contributed by atoms with Crippen molar-refractivity contribution in [1.82, 2.24) is 4.98 Å². The van der Waals surface area contributed by atoms with Gasteiger partial charge in [0, 0.05) is 16.1 Å². The predicted molar refractivity (Wildman–Crippen MR) is 48.9 cm³/mol. The lowest BCUT2D eigenvalue weighted by molar-refractivity contribution is -0.141. The van der Waals surface area contributed by atoms with Crippen molar-refractivity contribution in [3.63, 3.8) is 0 Å². The van der Waals surface area contributed by atoms with Gasteiger partial charge < -0.3 is 0 Å². The highest BCUT2D eigenvalue weighted by Gasteiger charge is 2.36. The van der Waals surface area contributed by atoms with Crippen LogP contribution in [0.25, 0.3) is 0 Å². The minimum Gasteiger partial charge on any atom is -0.247 e. The molecule has 14 heavy (non-hydrogen) atoms. The highest BCUT2D eigenvalue weighted by Crippen LogP contribution is 2.41. The number of hydrogen-bond donors (Lipinski definition) is 0. The molecule has 2 rings (SSSR count). The normalized spacial score (nSPS) is 17.1. The summed E-state index contributed by atoms with van der Waals surface area (Å²) in [6.45, 7) is 0. The predicted octanol–water partition coefficient (Wildman–Crippen LogP) is 3.74. The number of pyridine rings is 1. The number of rotatable bonds is 1. The van der Waals surface area contributed by atoms with Gasteiger partial charge in [-0.3, -0.25) is 0 Å². The standard InChI is InChI=1S/C9H7BrF3N/c10-6-3-4-7(5-1-2-5)14-8(6)9(11,12)13/h3-5H,1-2H2. The highest BCUT2D eigenvalue weighted by molar-refractivity contribution is 9.10. The van der Waals surface area contributed by atoms with E-state index in [0.717, 1.165) is 12.8 Å². The lowest BCUT2D eigenvalue weighted by Crippen LogP contribution is -2.10. The third kappa shape index (κ3) is 1.92. The van der Waals surface area contributed by atoms with E-state index < -0.39 is 11.9 Å². The summed E-state index contributed by atoms with van der Waals surface area (Å²) in [4.78, 5) is 3.63. The molecule has 1 aromatic rings. The highest BCUT2D eigenvalue weighted by atomic mass is 79.9. The van der Waals surface area contributed by atoms with Gasteiger partial charge in [0.25, 0.3) is 0 Å². The van der Waals surface area contributed by atoms with Crippen LogP contribution in [0.1, 0.15) is 30.1 Å². The summed E-state index contributed by atoms with van der Waals surface area (Å²) >= 11 is 2.85. The monoisotopic (exact) mass is 265 g/mol. The summed E-state index contributed by atoms with van der Waals surface area (Å²) in [6.07, 6.45) is -2.47. The number of aromatic nitrogens is 1. The first-order chi connectivity index (χ1) is 6.48. The molecule has 1 heterocycles. The summed E-state index contributed by atoms with van der Waals surface area (Å²) in [6, 6.07) is 3.07. The Morgan fingerprint density at radius 3 is 2.43 bits per heavy atom. The van der Waals surface area contributed by atoms with Crippen molar-refractivity contribution >= 4 is 15.9 Å². The minimum absolute atomic E-state index is 0.00870. The Bertz CT molecular complexity index is 358. The van der Waals surface area contributed by atoms with Crippen molar-refractivity contribution in [2.75, 3.05) is 0 Å². The van der Waals surface area contributed by atoms with Gasteiger partial charge >= 0.3 is 6.18 Å². The van der Waals surface area contributed by atoms with Crippen LogP contribution in [0, 0.1) is 0 Å². The van der Waals surface area contributed by atoms with Gasteiger partial charge in [-0.2, -0.15) is 13.2 Å². The lowest BCUT2D eigenvalue weighted by atomic mass is 10.2. The summed E-state index contributed by atoms with van der Waals surface area (Å²) in [5.74, 6) is 0.240. The van der Waals surface area contributed by atoms with E-state index in [0.29, 0.717) is 5.69 Å². The fourth-order valence-corrected chi connectivity index (χ4v) is 1.71. The van der Waals surface area contributed by atoms with Crippen LogP contribution in [0.2, 0.25) is 0 Å². The lowest BCUT2D eigenvalue weighted by Gasteiger charge is -2.09. The van der Waals surface area contributed by atoms with Crippen molar-refractivity contribution in [2.24, 2.45) is 0 Å². The van der Waals surface area contributed by atoms with Gasteiger partial charge in [-0.05, 0) is 40.9 Å². The first-order valence-corrected chi connectivity index (χ1v) is 5.01. The fraction of sp³-hybridized carbons (Fsp3) is 0.444. The molecule has 1 fully saturated rings. The minimum atomic E-state index is -4.37. The molecule has 1 nitrogen and oxygen atoms in total. The summed E-state index contributed by atoms with van der Waals surface area (Å²) in [7, 11) is 0. The molecule has 1 saturated carbocycles. The van der Waals surface area contributed by atoms with Gasteiger partial charge in [0.1, 0.15) is 0 Å². The van der Waals surface area contributed by atoms with E-state index in [4.69, 9.17) is 0 Å². The second-order valence-electron chi connectivity index (χ2n) is 3.34. The Morgan fingerprint density at radius 1 is 1.29 bits per heavy atom. The number of nitrogens with zero attached hydrogens (tertiary/aromatic N) is 1. The zero-order chi connectivity index (χ0) is 10.3. The zero-order valence-electron chi connectivity index (χ0n) is 7.11. The first kappa shape index (κ1) is 9.96.